The second-order valence-corrected chi connectivity index (χ2v) is 3.87. The van der Waals surface area contributed by atoms with Gasteiger partial charge in [0.1, 0.15) is 5.82 Å². The van der Waals surface area contributed by atoms with Crippen LogP contribution >= 0.6 is 0 Å². The lowest BCUT2D eigenvalue weighted by atomic mass is 9.98. The summed E-state index contributed by atoms with van der Waals surface area (Å²) in [4.78, 5) is 21.8. The minimum absolute atomic E-state index is 0.0410. The normalized spacial score (nSPS) is 20.6. The maximum atomic E-state index is 11.5. The van der Waals surface area contributed by atoms with Crippen molar-refractivity contribution in [3.8, 4) is 0 Å². The van der Waals surface area contributed by atoms with Gasteiger partial charge >= 0.3 is 5.97 Å². The largest absolute Gasteiger partial charge is 0.469 e. The second-order valence-electron chi connectivity index (χ2n) is 3.87. The van der Waals surface area contributed by atoms with Crippen molar-refractivity contribution in [2.75, 3.05) is 25.1 Å². The van der Waals surface area contributed by atoms with Crippen molar-refractivity contribution in [3.05, 3.63) is 18.6 Å². The SMILES string of the molecule is COC(=O)[C@H]1CCCN(c2cnccn2)C1. The molecule has 1 aromatic rings. The third-order valence-electron chi connectivity index (χ3n) is 2.83. The standard InChI is InChI=1S/C11H15N3O2/c1-16-11(15)9-3-2-6-14(8-9)10-7-12-4-5-13-10/h4-5,7,9H,2-3,6,8H2,1H3/t9-/m0/s1. The van der Waals surface area contributed by atoms with Gasteiger partial charge in [0.2, 0.25) is 0 Å². The van der Waals surface area contributed by atoms with E-state index in [-0.39, 0.29) is 11.9 Å². The Bertz CT molecular complexity index is 356. The lowest BCUT2D eigenvalue weighted by Gasteiger charge is -2.31. The van der Waals surface area contributed by atoms with Crippen LogP contribution in [0.5, 0.6) is 0 Å². The van der Waals surface area contributed by atoms with Gasteiger partial charge in [0.15, 0.2) is 0 Å². The molecule has 1 fully saturated rings. The zero-order valence-electron chi connectivity index (χ0n) is 9.30. The predicted octanol–water partition coefficient (Wildman–Crippen LogP) is 0.866. The number of carbonyl (C=O) groups is 1. The van der Waals surface area contributed by atoms with E-state index in [0.717, 1.165) is 25.2 Å². The molecule has 1 aromatic heterocycles. The van der Waals surface area contributed by atoms with Crippen molar-refractivity contribution < 1.29 is 9.53 Å². The quantitative estimate of drug-likeness (QED) is 0.693. The van der Waals surface area contributed by atoms with Gasteiger partial charge in [-0.15, -0.1) is 0 Å². The Balaban J connectivity index is 2.05. The second kappa shape index (κ2) is 4.92. The number of hydrogen-bond acceptors (Lipinski definition) is 5. The number of rotatable bonds is 2. The maximum Gasteiger partial charge on any atom is 0.310 e. The number of aromatic nitrogens is 2. The lowest BCUT2D eigenvalue weighted by molar-refractivity contribution is -0.145. The van der Waals surface area contributed by atoms with Crippen LogP contribution in [-0.4, -0.2) is 36.1 Å². The molecular formula is C11H15N3O2. The zero-order valence-corrected chi connectivity index (χ0v) is 9.30. The van der Waals surface area contributed by atoms with E-state index in [1.165, 1.54) is 7.11 Å². The van der Waals surface area contributed by atoms with E-state index in [1.807, 2.05) is 0 Å². The molecule has 1 saturated heterocycles. The molecule has 86 valence electrons. The van der Waals surface area contributed by atoms with Gasteiger partial charge in [-0.1, -0.05) is 0 Å². The highest BCUT2D eigenvalue weighted by molar-refractivity contribution is 5.73. The summed E-state index contributed by atoms with van der Waals surface area (Å²) in [5.41, 5.74) is 0. The van der Waals surface area contributed by atoms with Crippen molar-refractivity contribution in [2.45, 2.75) is 12.8 Å². The molecule has 1 atom stereocenters. The third kappa shape index (κ3) is 2.29. The first kappa shape index (κ1) is 10.9. The highest BCUT2D eigenvalue weighted by atomic mass is 16.5. The van der Waals surface area contributed by atoms with Crippen molar-refractivity contribution in [3.63, 3.8) is 0 Å². The topological polar surface area (TPSA) is 55.3 Å². The van der Waals surface area contributed by atoms with Gasteiger partial charge < -0.3 is 9.64 Å². The molecule has 0 unspecified atom stereocenters. The molecule has 0 bridgehead atoms. The number of hydrogen-bond donors (Lipinski definition) is 0. The first-order valence-corrected chi connectivity index (χ1v) is 5.40. The molecule has 5 nitrogen and oxygen atoms in total. The van der Waals surface area contributed by atoms with Crippen LogP contribution < -0.4 is 4.90 Å². The molecule has 0 aromatic carbocycles. The Morgan fingerprint density at radius 3 is 3.12 bits per heavy atom. The molecular weight excluding hydrogens is 206 g/mol. The van der Waals surface area contributed by atoms with Gasteiger partial charge in [-0.25, -0.2) is 4.98 Å². The molecule has 0 radical (unpaired) electrons. The first-order valence-electron chi connectivity index (χ1n) is 5.40. The van der Waals surface area contributed by atoms with Crippen LogP contribution in [0.25, 0.3) is 0 Å². The Labute approximate surface area is 94.5 Å². The summed E-state index contributed by atoms with van der Waals surface area (Å²) in [6.45, 7) is 1.59. The summed E-state index contributed by atoms with van der Waals surface area (Å²) < 4.78 is 4.77. The Morgan fingerprint density at radius 2 is 2.44 bits per heavy atom. The summed E-state index contributed by atoms with van der Waals surface area (Å²) in [6.07, 6.45) is 6.90. The predicted molar refractivity (Wildman–Crippen MR) is 59.0 cm³/mol. The summed E-state index contributed by atoms with van der Waals surface area (Å²) in [5.74, 6) is 0.658. The number of methoxy groups -OCH3 is 1. The molecule has 2 rings (SSSR count). The molecule has 5 heteroatoms. The van der Waals surface area contributed by atoms with Crippen LogP contribution in [0, 0.1) is 5.92 Å². The molecule has 1 aliphatic heterocycles. The molecule has 0 aliphatic carbocycles. The summed E-state index contributed by atoms with van der Waals surface area (Å²) in [5, 5.41) is 0. The Kier molecular flexibility index (Phi) is 3.34. The number of esters is 1. The fourth-order valence-electron chi connectivity index (χ4n) is 2.00. The minimum Gasteiger partial charge on any atom is -0.469 e. The van der Waals surface area contributed by atoms with E-state index >= 15 is 0 Å². The van der Waals surface area contributed by atoms with Crippen LogP contribution in [0.1, 0.15) is 12.8 Å². The number of nitrogens with zero attached hydrogens (tertiary/aromatic N) is 3. The van der Waals surface area contributed by atoms with Crippen LogP contribution in [0.15, 0.2) is 18.6 Å². The Hall–Kier alpha value is -1.65. The van der Waals surface area contributed by atoms with Crippen molar-refractivity contribution >= 4 is 11.8 Å². The van der Waals surface area contributed by atoms with E-state index in [0.29, 0.717) is 6.54 Å². The molecule has 0 spiro atoms. The van der Waals surface area contributed by atoms with Crippen LogP contribution in [0.3, 0.4) is 0 Å². The number of ether oxygens (including phenoxy) is 1. The lowest BCUT2D eigenvalue weighted by Crippen LogP contribution is -2.39. The average Bonchev–Trinajstić information content (AvgIpc) is 2.39. The summed E-state index contributed by atoms with van der Waals surface area (Å²) in [6, 6.07) is 0. The van der Waals surface area contributed by atoms with Crippen LogP contribution in [0.2, 0.25) is 0 Å². The minimum atomic E-state index is -0.131. The van der Waals surface area contributed by atoms with E-state index in [4.69, 9.17) is 4.74 Å². The number of carbonyl (C=O) groups excluding carboxylic acids is 1. The molecule has 2 heterocycles. The first-order chi connectivity index (χ1) is 7.81. The average molecular weight is 221 g/mol. The van der Waals surface area contributed by atoms with Crippen LogP contribution in [-0.2, 0) is 9.53 Å². The van der Waals surface area contributed by atoms with Crippen molar-refractivity contribution in [1.82, 2.24) is 9.97 Å². The summed E-state index contributed by atoms with van der Waals surface area (Å²) in [7, 11) is 1.43. The molecule has 1 aliphatic rings. The van der Waals surface area contributed by atoms with E-state index < -0.39 is 0 Å². The molecule has 16 heavy (non-hydrogen) atoms. The van der Waals surface area contributed by atoms with Gasteiger partial charge in [-0.3, -0.25) is 9.78 Å². The van der Waals surface area contributed by atoms with E-state index in [2.05, 4.69) is 14.9 Å². The van der Waals surface area contributed by atoms with E-state index in [9.17, 15) is 4.79 Å². The van der Waals surface area contributed by atoms with Gasteiger partial charge in [-0.05, 0) is 12.8 Å². The van der Waals surface area contributed by atoms with E-state index in [1.54, 1.807) is 18.6 Å². The maximum absolute atomic E-state index is 11.5. The summed E-state index contributed by atoms with van der Waals surface area (Å²) >= 11 is 0. The highest BCUT2D eigenvalue weighted by Crippen LogP contribution is 2.21. The molecule has 0 amide bonds. The number of anilines is 1. The fourth-order valence-corrected chi connectivity index (χ4v) is 2.00. The van der Waals surface area contributed by atoms with Gasteiger partial charge in [-0.2, -0.15) is 0 Å². The van der Waals surface area contributed by atoms with Crippen LogP contribution in [0.4, 0.5) is 5.82 Å². The molecule has 0 N–H and O–H groups in total. The third-order valence-corrected chi connectivity index (χ3v) is 2.83. The fraction of sp³-hybridized carbons (Fsp3) is 0.545. The monoisotopic (exact) mass is 221 g/mol. The zero-order chi connectivity index (χ0) is 11.4. The van der Waals surface area contributed by atoms with Crippen molar-refractivity contribution in [2.24, 2.45) is 5.92 Å². The Morgan fingerprint density at radius 1 is 1.56 bits per heavy atom. The highest BCUT2D eigenvalue weighted by Gasteiger charge is 2.26. The number of piperidine rings is 1. The van der Waals surface area contributed by atoms with Gasteiger partial charge in [0, 0.05) is 25.5 Å². The smallest absolute Gasteiger partial charge is 0.310 e. The van der Waals surface area contributed by atoms with Crippen molar-refractivity contribution in [1.29, 1.82) is 0 Å². The molecule has 0 saturated carbocycles. The van der Waals surface area contributed by atoms with Gasteiger partial charge in [0.25, 0.3) is 0 Å². The van der Waals surface area contributed by atoms with Gasteiger partial charge in [0.05, 0.1) is 19.2 Å².